The monoisotopic (exact) mass is 927 g/mol. The molecular formula is C43H57N15O7S. The van der Waals surface area contributed by atoms with E-state index in [1.807, 2.05) is 24.3 Å². The van der Waals surface area contributed by atoms with Crippen molar-refractivity contribution in [3.63, 3.8) is 0 Å². The number of primary sulfonamides is 1. The number of allylic oxidation sites excluding steroid dienone is 5. The number of hydrogen-bond donors (Lipinski definition) is 7. The van der Waals surface area contributed by atoms with E-state index in [0.717, 1.165) is 101 Å². The molecule has 0 radical (unpaired) electrons. The highest BCUT2D eigenvalue weighted by atomic mass is 32.2. The molecule has 1 aromatic heterocycles. The Hall–Kier alpha value is -7.08. The molecule has 2 aliphatic carbocycles. The van der Waals surface area contributed by atoms with Gasteiger partial charge in [-0.2, -0.15) is 15.0 Å². The van der Waals surface area contributed by atoms with Crippen LogP contribution in [0.15, 0.2) is 104 Å². The van der Waals surface area contributed by atoms with Crippen molar-refractivity contribution in [1.82, 2.24) is 24.8 Å². The topological polar surface area (TPSA) is 288 Å². The van der Waals surface area contributed by atoms with Crippen LogP contribution in [0.25, 0.3) is 0 Å². The average molecular weight is 928 g/mol. The van der Waals surface area contributed by atoms with Gasteiger partial charge in [0.2, 0.25) is 39.4 Å². The van der Waals surface area contributed by atoms with Crippen LogP contribution in [-0.2, 0) is 19.6 Å². The lowest BCUT2D eigenvalue weighted by atomic mass is 10.1. The minimum atomic E-state index is -4.13. The number of carbonyl (C=O) groups excluding carboxylic acids is 2. The molecule has 0 spiro atoms. The highest BCUT2D eigenvalue weighted by molar-refractivity contribution is 7.93. The third-order valence-electron chi connectivity index (χ3n) is 10.1. The summed E-state index contributed by atoms with van der Waals surface area (Å²) in [5.41, 5.74) is 7.54. The van der Waals surface area contributed by atoms with Gasteiger partial charge in [-0.1, -0.05) is 27.7 Å². The van der Waals surface area contributed by atoms with Crippen molar-refractivity contribution in [2.75, 3.05) is 93.4 Å². The average Bonchev–Trinajstić information content (AvgIpc) is 3.30. The van der Waals surface area contributed by atoms with E-state index >= 15 is 0 Å². The van der Waals surface area contributed by atoms with Gasteiger partial charge in [-0.05, 0) is 94.6 Å². The number of azo groups is 1. The van der Waals surface area contributed by atoms with Crippen LogP contribution < -0.4 is 41.4 Å². The summed E-state index contributed by atoms with van der Waals surface area (Å²) in [7, 11) is -1.23. The third kappa shape index (κ3) is 14.5. The predicted molar refractivity (Wildman–Crippen MR) is 257 cm³/mol. The van der Waals surface area contributed by atoms with Crippen molar-refractivity contribution in [3.8, 4) is 11.5 Å². The summed E-state index contributed by atoms with van der Waals surface area (Å²) in [6, 6.07) is 10.6. The number of nitrogens with two attached hydrogens (primary N) is 1. The number of carbonyl (C=O) groups is 2. The molecule has 0 unspecified atom stereocenters. The lowest BCUT2D eigenvalue weighted by molar-refractivity contribution is -0.111. The van der Waals surface area contributed by atoms with Crippen LogP contribution in [0.4, 0.5) is 40.6 Å². The zero-order valence-electron chi connectivity index (χ0n) is 37.8. The Labute approximate surface area is 384 Å². The van der Waals surface area contributed by atoms with E-state index in [-0.39, 0.29) is 33.5 Å². The maximum absolute atomic E-state index is 12.7. The number of aliphatic hydroxyl groups is 1. The molecule has 0 atom stereocenters. The molecule has 5 rings (SSSR count). The lowest BCUT2D eigenvalue weighted by Crippen LogP contribution is -2.26. The van der Waals surface area contributed by atoms with Gasteiger partial charge in [0.1, 0.15) is 40.1 Å². The number of methoxy groups -OCH3 is 2. The largest absolute Gasteiger partial charge is 0.505 e. The molecule has 0 aliphatic heterocycles. The number of rotatable bonds is 25. The summed E-state index contributed by atoms with van der Waals surface area (Å²) in [5.74, 6) is 0.0524. The normalized spacial score (nSPS) is 15.3. The number of ether oxygens (including phenoxy) is 2. The van der Waals surface area contributed by atoms with Crippen LogP contribution in [0.1, 0.15) is 40.5 Å². The number of aliphatic hydroxyl groups excluding tert-OH is 1. The predicted octanol–water partition coefficient (Wildman–Crippen LogP) is 5.46. The minimum Gasteiger partial charge on any atom is -0.505 e. The molecule has 8 N–H and O–H groups in total. The molecule has 352 valence electrons. The number of benzene rings is 2. The van der Waals surface area contributed by atoms with Gasteiger partial charge < -0.3 is 45.8 Å². The number of hydrogen-bond acceptors (Lipinski definition) is 21. The lowest BCUT2D eigenvalue weighted by Gasteiger charge is -2.18. The highest BCUT2D eigenvalue weighted by Crippen LogP contribution is 2.39. The zero-order chi connectivity index (χ0) is 47.6. The fraction of sp³-hybridized carbons (Fsp3) is 0.372. The van der Waals surface area contributed by atoms with Crippen LogP contribution in [0.5, 0.6) is 11.5 Å². The maximum atomic E-state index is 12.7. The number of sulfonamides is 1. The van der Waals surface area contributed by atoms with E-state index in [2.05, 4.69) is 99.7 Å². The quantitative estimate of drug-likeness (QED) is 0.0183. The Morgan fingerprint density at radius 3 is 1.85 bits per heavy atom. The van der Waals surface area contributed by atoms with E-state index in [1.54, 1.807) is 6.07 Å². The Balaban J connectivity index is 1.26. The standard InChI is InChI=1S/C43H57N15O7S/c1-7-57(8-2)21-11-19-45-41-48-42(46-20-12-22-58(9-3)10-4)50-43(49-41)47-28-13-15-29(16-14-28)51-55-34-25-40(65-6)35(26-39(34)64-5)56-54-33-24-32(37(60)27-38(33)61)53-52-31-23-30(66(44,62)63)17-18-36(31)59/h13-18,23-27,51,55,60H,7-12,19-22H2,1-6H3,(H2,44,62,63)(H3,45,46,47,48,49,50)/b52-31-,53-32-,56-54?. The first-order valence-corrected chi connectivity index (χ1v) is 22.9. The minimum absolute atomic E-state index is 0.191. The summed E-state index contributed by atoms with van der Waals surface area (Å²) in [4.78, 5) is 43.3. The van der Waals surface area contributed by atoms with Crippen molar-refractivity contribution < 1.29 is 32.6 Å². The first-order chi connectivity index (χ1) is 31.8. The van der Waals surface area contributed by atoms with Crippen LogP contribution in [0, 0.1) is 0 Å². The van der Waals surface area contributed by atoms with Gasteiger partial charge in [0.15, 0.2) is 0 Å². The second kappa shape index (κ2) is 24.3. The molecule has 3 aromatic rings. The molecule has 0 bridgehead atoms. The molecule has 0 fully saturated rings. The van der Waals surface area contributed by atoms with Crippen LogP contribution in [-0.4, -0.2) is 128 Å². The summed E-state index contributed by atoms with van der Waals surface area (Å²) in [5, 5.41) is 41.3. The molecule has 0 amide bonds. The smallest absolute Gasteiger partial charge is 0.238 e. The van der Waals surface area contributed by atoms with Crippen molar-refractivity contribution in [2.24, 2.45) is 25.6 Å². The molecule has 1 heterocycles. The first-order valence-electron chi connectivity index (χ1n) is 21.3. The SMILES string of the molecule is CCN(CC)CCCNc1nc(NCCCN(CC)CC)nc(Nc2ccc(NNc3cc(OC)c(N=NC4=C/C(=N/N=C5/C=C(S(N)(=O)=O)C=CC5=O)C(O)=CC4=O)cc3OC)cc2)n1. The van der Waals surface area contributed by atoms with E-state index in [0.29, 0.717) is 35.0 Å². The van der Waals surface area contributed by atoms with Crippen molar-refractivity contribution >= 4 is 73.6 Å². The van der Waals surface area contributed by atoms with Crippen molar-refractivity contribution in [1.29, 1.82) is 0 Å². The van der Waals surface area contributed by atoms with E-state index in [9.17, 15) is 23.1 Å². The second-order valence-electron chi connectivity index (χ2n) is 14.5. The fourth-order valence-electron chi connectivity index (χ4n) is 6.31. The highest BCUT2D eigenvalue weighted by Gasteiger charge is 2.22. The molecule has 66 heavy (non-hydrogen) atoms. The number of ketones is 2. The number of nitrogens with one attached hydrogen (secondary N) is 5. The van der Waals surface area contributed by atoms with Crippen molar-refractivity contribution in [3.05, 3.63) is 83.1 Å². The van der Waals surface area contributed by atoms with Crippen LogP contribution >= 0.6 is 0 Å². The summed E-state index contributed by atoms with van der Waals surface area (Å²) in [6.45, 7) is 16.0. The van der Waals surface area contributed by atoms with Gasteiger partial charge in [-0.15, -0.1) is 20.4 Å². The van der Waals surface area contributed by atoms with Gasteiger partial charge in [0.25, 0.3) is 0 Å². The van der Waals surface area contributed by atoms with Gasteiger partial charge in [0.05, 0.1) is 30.5 Å². The van der Waals surface area contributed by atoms with Crippen LogP contribution in [0.2, 0.25) is 0 Å². The zero-order valence-corrected chi connectivity index (χ0v) is 38.6. The molecule has 2 aliphatic rings. The summed E-state index contributed by atoms with van der Waals surface area (Å²) >= 11 is 0. The molecule has 0 saturated heterocycles. The van der Waals surface area contributed by atoms with Crippen molar-refractivity contribution in [2.45, 2.75) is 40.5 Å². The molecule has 0 saturated carbocycles. The van der Waals surface area contributed by atoms with Gasteiger partial charge in [-0.3, -0.25) is 15.0 Å². The van der Waals surface area contributed by atoms with E-state index < -0.39 is 27.3 Å². The fourth-order valence-corrected chi connectivity index (χ4v) is 6.84. The third-order valence-corrected chi connectivity index (χ3v) is 11.0. The van der Waals surface area contributed by atoms with E-state index in [1.165, 1.54) is 20.3 Å². The van der Waals surface area contributed by atoms with Crippen LogP contribution in [0.3, 0.4) is 0 Å². The summed E-state index contributed by atoms with van der Waals surface area (Å²) < 4.78 is 34.6. The Morgan fingerprint density at radius 1 is 0.697 bits per heavy atom. The number of aromatic nitrogens is 3. The Morgan fingerprint density at radius 2 is 1.27 bits per heavy atom. The second-order valence-corrected chi connectivity index (χ2v) is 16.0. The maximum Gasteiger partial charge on any atom is 0.238 e. The number of hydrazine groups is 1. The molecule has 22 nitrogen and oxygen atoms in total. The van der Waals surface area contributed by atoms with Gasteiger partial charge >= 0.3 is 0 Å². The first kappa shape index (κ1) is 49.9. The number of nitrogens with zero attached hydrogens (tertiary/aromatic N) is 9. The number of anilines is 6. The Bertz CT molecular complexity index is 2490. The molecular weight excluding hydrogens is 871 g/mol. The van der Waals surface area contributed by atoms with E-state index in [4.69, 9.17) is 14.6 Å². The Kier molecular flexibility index (Phi) is 18.4. The molecule has 23 heteroatoms. The summed E-state index contributed by atoms with van der Waals surface area (Å²) in [6.07, 6.45) is 6.78. The molecule has 2 aromatic carbocycles. The van der Waals surface area contributed by atoms with Gasteiger partial charge in [0, 0.05) is 43.1 Å². The van der Waals surface area contributed by atoms with Gasteiger partial charge in [-0.25, -0.2) is 13.6 Å².